The minimum Gasteiger partial charge on any atom is -0.354 e. The van der Waals surface area contributed by atoms with Crippen molar-refractivity contribution in [1.29, 1.82) is 0 Å². The molecule has 3 aromatic heterocycles. The average molecular weight is 348 g/mol. The van der Waals surface area contributed by atoms with Crippen LogP contribution in [0.5, 0.6) is 0 Å². The molecule has 1 aliphatic rings. The van der Waals surface area contributed by atoms with Crippen molar-refractivity contribution in [3.05, 3.63) is 30.9 Å². The fourth-order valence-electron chi connectivity index (χ4n) is 3.29. The van der Waals surface area contributed by atoms with Gasteiger partial charge < -0.3 is 10.6 Å². The van der Waals surface area contributed by atoms with Crippen molar-refractivity contribution in [2.75, 3.05) is 24.5 Å². The molecule has 1 saturated heterocycles. The van der Waals surface area contributed by atoms with Crippen LogP contribution in [0, 0.1) is 5.92 Å². The van der Waals surface area contributed by atoms with Crippen molar-refractivity contribution in [3.8, 4) is 11.3 Å². The highest BCUT2D eigenvalue weighted by molar-refractivity contribution is 5.85. The molecule has 7 nitrogen and oxygen atoms in total. The Kier molecular flexibility index (Phi) is 4.73. The molecular weight excluding hydrogens is 326 g/mol. The number of aromatic nitrogens is 5. The van der Waals surface area contributed by atoms with Crippen LogP contribution >= 0.6 is 12.4 Å². The van der Waals surface area contributed by atoms with Gasteiger partial charge in [-0.25, -0.2) is 9.50 Å². The minimum atomic E-state index is 0. The summed E-state index contributed by atoms with van der Waals surface area (Å²) in [4.78, 5) is 7.27. The number of nitrogens with zero attached hydrogens (tertiary/aromatic N) is 6. The number of halogens is 1. The van der Waals surface area contributed by atoms with E-state index in [0.29, 0.717) is 5.92 Å². The van der Waals surface area contributed by atoms with Crippen LogP contribution in [0.1, 0.15) is 12.8 Å². The average Bonchev–Trinajstić information content (AvgIpc) is 3.22. The fraction of sp³-hybridized carbons (Fsp3) is 0.438. The van der Waals surface area contributed by atoms with Crippen molar-refractivity contribution >= 4 is 23.7 Å². The van der Waals surface area contributed by atoms with Crippen LogP contribution in [0.25, 0.3) is 16.8 Å². The molecule has 2 N–H and O–H groups in total. The number of rotatable bonds is 3. The lowest BCUT2D eigenvalue weighted by Gasteiger charge is -2.33. The van der Waals surface area contributed by atoms with Gasteiger partial charge in [-0.1, -0.05) is 0 Å². The molecular formula is C16H22ClN7. The first kappa shape index (κ1) is 16.7. The number of aryl methyl sites for hydroxylation is 1. The van der Waals surface area contributed by atoms with Crippen molar-refractivity contribution in [2.45, 2.75) is 12.8 Å². The molecule has 4 heterocycles. The largest absolute Gasteiger partial charge is 0.354 e. The van der Waals surface area contributed by atoms with Gasteiger partial charge >= 0.3 is 0 Å². The molecule has 128 valence electrons. The zero-order chi connectivity index (χ0) is 15.8. The van der Waals surface area contributed by atoms with Crippen LogP contribution in [0.2, 0.25) is 0 Å². The first-order chi connectivity index (χ1) is 11.2. The molecule has 4 rings (SSSR count). The predicted molar refractivity (Wildman–Crippen MR) is 96.4 cm³/mol. The van der Waals surface area contributed by atoms with E-state index in [4.69, 9.17) is 10.7 Å². The van der Waals surface area contributed by atoms with Crippen molar-refractivity contribution < 1.29 is 0 Å². The molecule has 1 aliphatic heterocycles. The second-order valence-electron chi connectivity index (χ2n) is 6.20. The molecule has 0 aliphatic carbocycles. The van der Waals surface area contributed by atoms with Crippen LogP contribution in [-0.2, 0) is 7.05 Å². The van der Waals surface area contributed by atoms with E-state index in [1.165, 1.54) is 6.42 Å². The predicted octanol–water partition coefficient (Wildman–Crippen LogP) is 1.73. The van der Waals surface area contributed by atoms with Gasteiger partial charge in [0, 0.05) is 31.9 Å². The highest BCUT2D eigenvalue weighted by Crippen LogP contribution is 2.28. The fourth-order valence-corrected chi connectivity index (χ4v) is 3.29. The molecule has 0 saturated carbocycles. The Morgan fingerprint density at radius 1 is 1.29 bits per heavy atom. The van der Waals surface area contributed by atoms with Gasteiger partial charge in [0.2, 0.25) is 0 Å². The summed E-state index contributed by atoms with van der Waals surface area (Å²) in [5, 5.41) is 8.65. The van der Waals surface area contributed by atoms with E-state index >= 15 is 0 Å². The number of anilines is 1. The Balaban J connectivity index is 0.00000169. The van der Waals surface area contributed by atoms with Gasteiger partial charge in [0.15, 0.2) is 5.82 Å². The summed E-state index contributed by atoms with van der Waals surface area (Å²) in [5.74, 6) is 1.53. The van der Waals surface area contributed by atoms with Crippen LogP contribution in [-0.4, -0.2) is 44.0 Å². The van der Waals surface area contributed by atoms with E-state index in [-0.39, 0.29) is 12.4 Å². The second-order valence-corrected chi connectivity index (χ2v) is 6.20. The van der Waals surface area contributed by atoms with Crippen LogP contribution < -0.4 is 10.6 Å². The SMILES string of the molecule is Cl.Cn1cc(-c2cn3nccc3c(N3CCCC(CN)C3)n2)cn1. The number of hydrogen-bond acceptors (Lipinski definition) is 5. The van der Waals surface area contributed by atoms with E-state index in [1.807, 2.05) is 42.4 Å². The quantitative estimate of drug-likeness (QED) is 0.780. The smallest absolute Gasteiger partial charge is 0.155 e. The highest BCUT2D eigenvalue weighted by Gasteiger charge is 2.22. The second kappa shape index (κ2) is 6.78. The first-order valence-electron chi connectivity index (χ1n) is 8.03. The molecule has 0 spiro atoms. The van der Waals surface area contributed by atoms with Crippen molar-refractivity contribution in [1.82, 2.24) is 24.4 Å². The van der Waals surface area contributed by atoms with E-state index < -0.39 is 0 Å². The normalized spacial score (nSPS) is 17.9. The topological polar surface area (TPSA) is 77.3 Å². The Labute approximate surface area is 146 Å². The van der Waals surface area contributed by atoms with Crippen molar-refractivity contribution in [3.63, 3.8) is 0 Å². The molecule has 0 aromatic carbocycles. The standard InChI is InChI=1S/C16H21N7.ClH/c1-21-10-13(8-19-21)14-11-23-15(4-5-18-23)16(20-14)22-6-2-3-12(7-17)9-22;/h4-5,8,10-12H,2-3,6-7,9,17H2,1H3;1H. The summed E-state index contributed by atoms with van der Waals surface area (Å²) in [6.07, 6.45) is 9.94. The summed E-state index contributed by atoms with van der Waals surface area (Å²) in [5.41, 5.74) is 8.81. The van der Waals surface area contributed by atoms with E-state index in [1.54, 1.807) is 4.68 Å². The number of piperidine rings is 1. The molecule has 0 bridgehead atoms. The maximum atomic E-state index is 5.88. The van der Waals surface area contributed by atoms with Gasteiger partial charge in [-0.2, -0.15) is 10.2 Å². The Hall–Kier alpha value is -2.12. The zero-order valence-corrected chi connectivity index (χ0v) is 14.5. The molecule has 0 radical (unpaired) electrons. The van der Waals surface area contributed by atoms with Gasteiger partial charge in [0.05, 0.1) is 24.3 Å². The monoisotopic (exact) mass is 347 g/mol. The minimum absolute atomic E-state index is 0. The van der Waals surface area contributed by atoms with Gasteiger partial charge in [-0.3, -0.25) is 4.68 Å². The summed E-state index contributed by atoms with van der Waals surface area (Å²) in [7, 11) is 1.91. The lowest BCUT2D eigenvalue weighted by atomic mass is 9.98. The molecule has 1 unspecified atom stereocenters. The van der Waals surface area contributed by atoms with Crippen LogP contribution in [0.4, 0.5) is 5.82 Å². The van der Waals surface area contributed by atoms with Gasteiger partial charge in [-0.15, -0.1) is 12.4 Å². The Bertz CT molecular complexity index is 825. The maximum Gasteiger partial charge on any atom is 0.155 e. The highest BCUT2D eigenvalue weighted by atomic mass is 35.5. The number of hydrogen-bond donors (Lipinski definition) is 1. The van der Waals surface area contributed by atoms with Crippen LogP contribution in [0.3, 0.4) is 0 Å². The Morgan fingerprint density at radius 3 is 2.92 bits per heavy atom. The summed E-state index contributed by atoms with van der Waals surface area (Å²) >= 11 is 0. The Morgan fingerprint density at radius 2 is 2.17 bits per heavy atom. The van der Waals surface area contributed by atoms with Crippen LogP contribution in [0.15, 0.2) is 30.9 Å². The molecule has 3 aromatic rings. The third-order valence-electron chi connectivity index (χ3n) is 4.52. The lowest BCUT2D eigenvalue weighted by molar-refractivity contribution is 0.422. The number of fused-ring (bicyclic) bond motifs is 1. The third kappa shape index (κ3) is 2.97. The zero-order valence-electron chi connectivity index (χ0n) is 13.7. The van der Waals surface area contributed by atoms with E-state index in [9.17, 15) is 0 Å². The molecule has 0 amide bonds. The third-order valence-corrected chi connectivity index (χ3v) is 4.52. The summed E-state index contributed by atoms with van der Waals surface area (Å²) in [6, 6.07) is 2.02. The van der Waals surface area contributed by atoms with Gasteiger partial charge in [0.1, 0.15) is 5.52 Å². The van der Waals surface area contributed by atoms with E-state index in [2.05, 4.69) is 15.1 Å². The van der Waals surface area contributed by atoms with Gasteiger partial charge in [0.25, 0.3) is 0 Å². The molecule has 1 atom stereocenters. The molecule has 1 fully saturated rings. The maximum absolute atomic E-state index is 5.88. The first-order valence-corrected chi connectivity index (χ1v) is 8.03. The van der Waals surface area contributed by atoms with Crippen molar-refractivity contribution in [2.24, 2.45) is 18.7 Å². The summed E-state index contributed by atoms with van der Waals surface area (Å²) < 4.78 is 3.69. The molecule has 8 heteroatoms. The van der Waals surface area contributed by atoms with E-state index in [0.717, 1.165) is 48.6 Å². The van der Waals surface area contributed by atoms with Gasteiger partial charge in [-0.05, 0) is 31.4 Å². The summed E-state index contributed by atoms with van der Waals surface area (Å²) in [6.45, 7) is 2.70. The molecule has 24 heavy (non-hydrogen) atoms. The lowest BCUT2D eigenvalue weighted by Crippen LogP contribution is -2.39. The number of nitrogens with two attached hydrogens (primary N) is 1.